The van der Waals surface area contributed by atoms with Gasteiger partial charge in [0.05, 0.1) is 6.54 Å². The molecule has 1 aliphatic rings. The molecule has 0 saturated heterocycles. The van der Waals surface area contributed by atoms with Crippen LogP contribution >= 0.6 is 0 Å². The lowest BCUT2D eigenvalue weighted by atomic mass is 10.3. The second-order valence-electron chi connectivity index (χ2n) is 5.17. The smallest absolute Gasteiger partial charge is 0.152 e. The van der Waals surface area contributed by atoms with Crippen molar-refractivity contribution in [3.05, 3.63) is 24.0 Å². The first-order valence-electron chi connectivity index (χ1n) is 7.53. The first-order chi connectivity index (χ1) is 10.3. The van der Waals surface area contributed by atoms with Crippen LogP contribution in [0.4, 0.5) is 11.6 Å². The minimum absolute atomic E-state index is 0.744. The van der Waals surface area contributed by atoms with Gasteiger partial charge in [-0.05, 0) is 13.3 Å². The van der Waals surface area contributed by atoms with Crippen LogP contribution < -0.4 is 10.2 Å². The fraction of sp³-hybridized carbons (Fsp3) is 0.571. The average Bonchev–Trinajstić information content (AvgIpc) is 2.95. The van der Waals surface area contributed by atoms with Crippen LogP contribution in [0.15, 0.2) is 12.4 Å². The van der Waals surface area contributed by atoms with Crippen molar-refractivity contribution < 1.29 is 0 Å². The monoisotopic (exact) mass is 287 g/mol. The summed E-state index contributed by atoms with van der Waals surface area (Å²) in [5, 5.41) is 11.4. The topological polar surface area (TPSA) is 71.8 Å². The van der Waals surface area contributed by atoms with Gasteiger partial charge in [0.1, 0.15) is 23.8 Å². The van der Waals surface area contributed by atoms with Crippen molar-refractivity contribution >= 4 is 11.6 Å². The quantitative estimate of drug-likeness (QED) is 0.898. The summed E-state index contributed by atoms with van der Waals surface area (Å²) < 4.78 is 2.09. The highest BCUT2D eigenvalue weighted by molar-refractivity contribution is 5.49. The molecule has 0 amide bonds. The standard InChI is InChI=1S/C14H21N7/c1-3-5-11-17-12(15-4-2)8-13(18-11)20-6-7-21-10-16-19-14(21)9-20/h8,10H,3-7,9H2,1-2H3,(H,15,17,18). The van der Waals surface area contributed by atoms with Crippen LogP contribution in [0.3, 0.4) is 0 Å². The largest absolute Gasteiger partial charge is 0.370 e. The van der Waals surface area contributed by atoms with Crippen molar-refractivity contribution in [2.75, 3.05) is 23.3 Å². The van der Waals surface area contributed by atoms with Gasteiger partial charge in [-0.3, -0.25) is 0 Å². The number of hydrogen-bond donors (Lipinski definition) is 1. The first-order valence-corrected chi connectivity index (χ1v) is 7.53. The highest BCUT2D eigenvalue weighted by atomic mass is 15.3. The Morgan fingerprint density at radius 1 is 1.24 bits per heavy atom. The number of fused-ring (bicyclic) bond motifs is 1. The predicted molar refractivity (Wildman–Crippen MR) is 81.3 cm³/mol. The molecule has 2 aromatic heterocycles. The van der Waals surface area contributed by atoms with Gasteiger partial charge >= 0.3 is 0 Å². The Bertz CT molecular complexity index is 583. The molecule has 0 bridgehead atoms. The normalized spacial score (nSPS) is 14.1. The maximum Gasteiger partial charge on any atom is 0.152 e. The Balaban J connectivity index is 1.87. The van der Waals surface area contributed by atoms with E-state index in [9.17, 15) is 0 Å². The number of nitrogens with zero attached hydrogens (tertiary/aromatic N) is 6. The lowest BCUT2D eigenvalue weighted by Gasteiger charge is -2.28. The van der Waals surface area contributed by atoms with E-state index in [1.165, 1.54) is 0 Å². The van der Waals surface area contributed by atoms with Gasteiger partial charge in [-0.2, -0.15) is 0 Å². The van der Waals surface area contributed by atoms with Gasteiger partial charge in [-0.25, -0.2) is 9.97 Å². The van der Waals surface area contributed by atoms with Crippen LogP contribution in [0.25, 0.3) is 0 Å². The lowest BCUT2D eigenvalue weighted by molar-refractivity contribution is 0.555. The summed E-state index contributed by atoms with van der Waals surface area (Å²) in [5.41, 5.74) is 0. The molecule has 0 atom stereocenters. The van der Waals surface area contributed by atoms with E-state index in [-0.39, 0.29) is 0 Å². The summed E-state index contributed by atoms with van der Waals surface area (Å²) in [7, 11) is 0. The molecular weight excluding hydrogens is 266 g/mol. The van der Waals surface area contributed by atoms with Crippen LogP contribution in [0.2, 0.25) is 0 Å². The minimum Gasteiger partial charge on any atom is -0.370 e. The third kappa shape index (κ3) is 2.96. The maximum atomic E-state index is 4.70. The van der Waals surface area contributed by atoms with Gasteiger partial charge in [0, 0.05) is 32.1 Å². The molecule has 0 spiro atoms. The number of hydrogen-bond acceptors (Lipinski definition) is 6. The highest BCUT2D eigenvalue weighted by Crippen LogP contribution is 2.21. The van der Waals surface area contributed by atoms with Crippen molar-refractivity contribution in [3.8, 4) is 0 Å². The summed E-state index contributed by atoms with van der Waals surface area (Å²) in [6.07, 6.45) is 3.73. The molecule has 1 aliphatic heterocycles. The van der Waals surface area contributed by atoms with Gasteiger partial charge in [-0.15, -0.1) is 10.2 Å². The summed E-state index contributed by atoms with van der Waals surface area (Å²) >= 11 is 0. The number of rotatable bonds is 5. The molecule has 0 saturated carbocycles. The van der Waals surface area contributed by atoms with Crippen LogP contribution in [-0.2, 0) is 19.5 Å². The first kappa shape index (κ1) is 13.8. The second-order valence-corrected chi connectivity index (χ2v) is 5.17. The Morgan fingerprint density at radius 3 is 2.95 bits per heavy atom. The SMILES string of the molecule is CCCc1nc(NCC)cc(N2CCn3cnnc3C2)n1. The molecule has 1 N–H and O–H groups in total. The van der Waals surface area contributed by atoms with E-state index >= 15 is 0 Å². The van der Waals surface area contributed by atoms with Crippen LogP contribution in [0.1, 0.15) is 31.9 Å². The molecule has 0 unspecified atom stereocenters. The van der Waals surface area contributed by atoms with E-state index in [0.29, 0.717) is 0 Å². The number of anilines is 2. The summed E-state index contributed by atoms with van der Waals surface area (Å²) in [6.45, 7) is 7.63. The molecular formula is C14H21N7. The van der Waals surface area contributed by atoms with Crippen molar-refractivity contribution in [1.82, 2.24) is 24.7 Å². The van der Waals surface area contributed by atoms with E-state index < -0.39 is 0 Å². The molecule has 2 aromatic rings. The molecule has 0 fully saturated rings. The Labute approximate surface area is 124 Å². The fourth-order valence-corrected chi connectivity index (χ4v) is 2.51. The van der Waals surface area contributed by atoms with Crippen molar-refractivity contribution in [2.24, 2.45) is 0 Å². The van der Waals surface area contributed by atoms with Crippen LogP contribution in [0.5, 0.6) is 0 Å². The third-order valence-electron chi connectivity index (χ3n) is 3.55. The molecule has 0 aliphatic carbocycles. The molecule has 21 heavy (non-hydrogen) atoms. The Kier molecular flexibility index (Phi) is 3.98. The van der Waals surface area contributed by atoms with Gasteiger partial charge in [0.2, 0.25) is 0 Å². The average molecular weight is 287 g/mol. The summed E-state index contributed by atoms with van der Waals surface area (Å²) in [4.78, 5) is 11.5. The molecule has 112 valence electrons. The Hall–Kier alpha value is -2.18. The third-order valence-corrected chi connectivity index (χ3v) is 3.55. The van der Waals surface area contributed by atoms with Crippen LogP contribution in [-0.4, -0.2) is 37.8 Å². The molecule has 0 aromatic carbocycles. The number of nitrogens with one attached hydrogen (secondary N) is 1. The lowest BCUT2D eigenvalue weighted by Crippen LogP contribution is -2.34. The van der Waals surface area contributed by atoms with Gasteiger partial charge in [0.25, 0.3) is 0 Å². The minimum atomic E-state index is 0.744. The zero-order valence-corrected chi connectivity index (χ0v) is 12.6. The number of aromatic nitrogens is 5. The predicted octanol–water partition coefficient (Wildman–Crippen LogP) is 1.47. The molecule has 3 heterocycles. The second kappa shape index (κ2) is 6.07. The van der Waals surface area contributed by atoms with E-state index in [0.717, 1.165) is 62.3 Å². The van der Waals surface area contributed by atoms with Crippen molar-refractivity contribution in [1.29, 1.82) is 0 Å². The molecule has 3 rings (SSSR count). The van der Waals surface area contributed by atoms with E-state index in [4.69, 9.17) is 4.98 Å². The van der Waals surface area contributed by atoms with Crippen molar-refractivity contribution in [3.63, 3.8) is 0 Å². The van der Waals surface area contributed by atoms with Gasteiger partial charge < -0.3 is 14.8 Å². The van der Waals surface area contributed by atoms with Gasteiger partial charge in [0.15, 0.2) is 5.82 Å². The molecule has 0 radical (unpaired) electrons. The van der Waals surface area contributed by atoms with E-state index in [1.807, 2.05) is 6.07 Å². The number of aryl methyl sites for hydroxylation is 1. The van der Waals surface area contributed by atoms with Crippen LogP contribution in [0, 0.1) is 0 Å². The molecule has 7 heteroatoms. The fourth-order valence-electron chi connectivity index (χ4n) is 2.51. The Morgan fingerprint density at radius 2 is 2.14 bits per heavy atom. The maximum absolute atomic E-state index is 4.70. The molecule has 7 nitrogen and oxygen atoms in total. The van der Waals surface area contributed by atoms with Gasteiger partial charge in [-0.1, -0.05) is 6.92 Å². The van der Waals surface area contributed by atoms with Crippen molar-refractivity contribution in [2.45, 2.75) is 39.8 Å². The summed E-state index contributed by atoms with van der Waals surface area (Å²) in [6, 6.07) is 2.02. The zero-order chi connectivity index (χ0) is 14.7. The zero-order valence-electron chi connectivity index (χ0n) is 12.6. The van der Waals surface area contributed by atoms with E-state index in [1.54, 1.807) is 6.33 Å². The summed E-state index contributed by atoms with van der Waals surface area (Å²) in [5.74, 6) is 3.76. The highest BCUT2D eigenvalue weighted by Gasteiger charge is 2.19. The van der Waals surface area contributed by atoms with E-state index in [2.05, 4.69) is 43.8 Å².